The summed E-state index contributed by atoms with van der Waals surface area (Å²) in [6.07, 6.45) is 9.79. The molecule has 0 unspecified atom stereocenters. The number of β-amino-alcohol motifs (C(OH)–C–C–N with tert-alkyl or cyclic N) is 1. The summed E-state index contributed by atoms with van der Waals surface area (Å²) in [6, 6.07) is 0.939. The number of aromatic nitrogens is 2. The minimum absolute atomic E-state index is 0.192. The van der Waals surface area contributed by atoms with Gasteiger partial charge in [-0.25, -0.2) is 4.98 Å². The minimum atomic E-state index is -0.192. The van der Waals surface area contributed by atoms with Gasteiger partial charge in [0.05, 0.1) is 6.10 Å². The summed E-state index contributed by atoms with van der Waals surface area (Å²) in [4.78, 5) is 9.39. The van der Waals surface area contributed by atoms with E-state index in [4.69, 9.17) is 4.74 Å². The summed E-state index contributed by atoms with van der Waals surface area (Å²) in [6.45, 7) is 9.07. The van der Waals surface area contributed by atoms with Crippen LogP contribution in [0.1, 0.15) is 37.9 Å². The monoisotopic (exact) mass is 362 g/mol. The Balaban J connectivity index is 1.23. The fourth-order valence-electron chi connectivity index (χ4n) is 5.04. The zero-order valence-electron chi connectivity index (χ0n) is 16.1. The fourth-order valence-corrected chi connectivity index (χ4v) is 5.04. The Morgan fingerprint density at radius 2 is 1.88 bits per heavy atom. The fraction of sp³-hybridized carbons (Fsp3) is 0.850. The second-order valence-corrected chi connectivity index (χ2v) is 8.37. The molecule has 0 spiro atoms. The predicted octanol–water partition coefficient (Wildman–Crippen LogP) is 1.52. The molecule has 6 nitrogen and oxygen atoms in total. The van der Waals surface area contributed by atoms with Crippen LogP contribution >= 0.6 is 0 Å². The van der Waals surface area contributed by atoms with Gasteiger partial charge < -0.3 is 14.4 Å². The first kappa shape index (κ1) is 18.4. The third-order valence-corrected chi connectivity index (χ3v) is 6.81. The Hall–Kier alpha value is -0.950. The van der Waals surface area contributed by atoms with Gasteiger partial charge in [0.2, 0.25) is 0 Å². The number of hydrogen-bond donors (Lipinski definition) is 1. The van der Waals surface area contributed by atoms with Crippen LogP contribution in [0.2, 0.25) is 0 Å². The molecule has 4 heterocycles. The van der Waals surface area contributed by atoms with Gasteiger partial charge in [-0.3, -0.25) is 9.80 Å². The van der Waals surface area contributed by atoms with E-state index in [1.54, 1.807) is 0 Å². The molecule has 146 valence electrons. The average Bonchev–Trinajstić information content (AvgIpc) is 3.27. The summed E-state index contributed by atoms with van der Waals surface area (Å²) >= 11 is 0. The molecule has 0 bridgehead atoms. The van der Waals surface area contributed by atoms with Gasteiger partial charge in [-0.2, -0.15) is 0 Å². The Morgan fingerprint density at radius 3 is 2.58 bits per heavy atom. The van der Waals surface area contributed by atoms with Gasteiger partial charge >= 0.3 is 0 Å². The van der Waals surface area contributed by atoms with Gasteiger partial charge in [0, 0.05) is 57.3 Å². The topological polar surface area (TPSA) is 53.8 Å². The number of aryl methyl sites for hydroxylation is 2. The molecule has 0 saturated carbocycles. The van der Waals surface area contributed by atoms with Gasteiger partial charge in [-0.1, -0.05) is 0 Å². The van der Waals surface area contributed by atoms with E-state index in [1.807, 2.05) is 6.20 Å². The highest BCUT2D eigenvalue weighted by Crippen LogP contribution is 2.28. The Bertz CT molecular complexity index is 564. The molecule has 1 aromatic heterocycles. The van der Waals surface area contributed by atoms with Crippen molar-refractivity contribution in [2.24, 2.45) is 5.92 Å². The van der Waals surface area contributed by atoms with E-state index in [0.717, 1.165) is 70.5 Å². The molecular formula is C20H34N4O2. The number of aliphatic hydroxyl groups excluding tert-OH is 1. The first-order valence-electron chi connectivity index (χ1n) is 10.4. The van der Waals surface area contributed by atoms with Crippen LogP contribution < -0.4 is 0 Å². The lowest BCUT2D eigenvalue weighted by Gasteiger charge is -2.37. The zero-order valence-corrected chi connectivity index (χ0v) is 16.1. The van der Waals surface area contributed by atoms with E-state index in [-0.39, 0.29) is 6.10 Å². The summed E-state index contributed by atoms with van der Waals surface area (Å²) in [7, 11) is 0. The first-order valence-corrected chi connectivity index (χ1v) is 10.4. The lowest BCUT2D eigenvalue weighted by molar-refractivity contribution is 0.0374. The van der Waals surface area contributed by atoms with Crippen molar-refractivity contribution in [3.8, 4) is 0 Å². The third-order valence-electron chi connectivity index (χ3n) is 6.81. The smallest absolute Gasteiger partial charge is 0.105 e. The zero-order chi connectivity index (χ0) is 17.9. The van der Waals surface area contributed by atoms with Crippen LogP contribution in [-0.2, 0) is 11.3 Å². The van der Waals surface area contributed by atoms with Crippen molar-refractivity contribution in [2.45, 2.75) is 63.8 Å². The number of ether oxygens (including phenoxy) is 1. The Kier molecular flexibility index (Phi) is 5.93. The lowest BCUT2D eigenvalue weighted by Crippen LogP contribution is -2.47. The number of piperidine rings is 1. The predicted molar refractivity (Wildman–Crippen MR) is 101 cm³/mol. The van der Waals surface area contributed by atoms with E-state index in [2.05, 4.69) is 32.5 Å². The number of rotatable bonds is 5. The molecule has 4 rings (SSSR count). The minimum Gasteiger partial charge on any atom is -0.390 e. The lowest BCUT2D eigenvalue weighted by atomic mass is 9.92. The number of nitrogens with zero attached hydrogens (tertiary/aromatic N) is 4. The van der Waals surface area contributed by atoms with Crippen molar-refractivity contribution in [1.29, 1.82) is 0 Å². The number of aliphatic hydroxyl groups is 1. The maximum atomic E-state index is 10.6. The molecule has 3 aliphatic rings. The number of likely N-dealkylation sites (tertiary alicyclic amines) is 2. The van der Waals surface area contributed by atoms with Gasteiger partial charge in [-0.15, -0.1) is 0 Å². The van der Waals surface area contributed by atoms with Gasteiger partial charge in [0.25, 0.3) is 0 Å². The summed E-state index contributed by atoms with van der Waals surface area (Å²) < 4.78 is 7.76. The second-order valence-electron chi connectivity index (χ2n) is 8.37. The van der Waals surface area contributed by atoms with E-state index in [1.165, 1.54) is 19.3 Å². The van der Waals surface area contributed by atoms with E-state index < -0.39 is 0 Å². The normalized spacial score (nSPS) is 30.2. The Morgan fingerprint density at radius 1 is 1.12 bits per heavy atom. The molecule has 3 fully saturated rings. The van der Waals surface area contributed by atoms with Crippen LogP contribution in [0.4, 0.5) is 0 Å². The maximum Gasteiger partial charge on any atom is 0.105 e. The van der Waals surface area contributed by atoms with Crippen LogP contribution in [0.5, 0.6) is 0 Å². The van der Waals surface area contributed by atoms with Crippen molar-refractivity contribution in [3.05, 3.63) is 18.2 Å². The van der Waals surface area contributed by atoms with Crippen molar-refractivity contribution in [2.75, 3.05) is 39.4 Å². The van der Waals surface area contributed by atoms with Gasteiger partial charge in [0.15, 0.2) is 0 Å². The van der Waals surface area contributed by atoms with E-state index >= 15 is 0 Å². The van der Waals surface area contributed by atoms with Crippen LogP contribution in [-0.4, -0.2) is 82.0 Å². The molecule has 3 saturated heterocycles. The van der Waals surface area contributed by atoms with Crippen LogP contribution in [0.25, 0.3) is 0 Å². The molecule has 0 aliphatic carbocycles. The van der Waals surface area contributed by atoms with Crippen molar-refractivity contribution in [1.82, 2.24) is 19.4 Å². The third kappa shape index (κ3) is 4.14. The van der Waals surface area contributed by atoms with Crippen LogP contribution in [0, 0.1) is 12.8 Å². The first-order chi connectivity index (χ1) is 12.7. The average molecular weight is 363 g/mol. The van der Waals surface area contributed by atoms with Gasteiger partial charge in [-0.05, 0) is 58.0 Å². The Labute approximate surface area is 157 Å². The molecule has 1 N–H and O–H groups in total. The van der Waals surface area contributed by atoms with Crippen molar-refractivity contribution < 1.29 is 9.84 Å². The molecule has 2 atom stereocenters. The quantitative estimate of drug-likeness (QED) is 0.861. The number of imidazole rings is 1. The molecule has 0 amide bonds. The van der Waals surface area contributed by atoms with Crippen molar-refractivity contribution in [3.63, 3.8) is 0 Å². The molecule has 1 aromatic rings. The maximum absolute atomic E-state index is 10.6. The van der Waals surface area contributed by atoms with Crippen LogP contribution in [0.3, 0.4) is 0 Å². The number of hydrogen-bond acceptors (Lipinski definition) is 5. The molecule has 26 heavy (non-hydrogen) atoms. The second kappa shape index (κ2) is 8.38. The van der Waals surface area contributed by atoms with Crippen LogP contribution in [0.15, 0.2) is 12.4 Å². The summed E-state index contributed by atoms with van der Waals surface area (Å²) in [5.41, 5.74) is 0. The molecule has 0 aromatic carbocycles. The molecule has 0 radical (unpaired) electrons. The summed E-state index contributed by atoms with van der Waals surface area (Å²) in [5.74, 6) is 1.92. The highest BCUT2D eigenvalue weighted by atomic mass is 16.5. The highest BCUT2D eigenvalue weighted by Gasteiger charge is 2.39. The van der Waals surface area contributed by atoms with Gasteiger partial charge in [0.1, 0.15) is 5.82 Å². The van der Waals surface area contributed by atoms with E-state index in [9.17, 15) is 5.11 Å². The largest absolute Gasteiger partial charge is 0.390 e. The van der Waals surface area contributed by atoms with E-state index in [0.29, 0.717) is 12.1 Å². The molecule has 6 heteroatoms. The highest BCUT2D eigenvalue weighted by molar-refractivity contribution is 4.95. The standard InChI is InChI=1S/C20H34N4O2/c1-16-21-7-11-22(16)8-2-17-3-9-23(10-4-17)19-14-24(15-20(19)25)18-5-12-26-13-6-18/h7,11,17-20,25H,2-6,8-10,12-15H2,1H3/t19-,20-/m0/s1. The summed E-state index contributed by atoms with van der Waals surface area (Å²) in [5, 5.41) is 10.6. The SMILES string of the molecule is Cc1nccn1CCC1CCN([C@H]2CN(C3CCOCC3)C[C@@H]2O)CC1. The molecular weight excluding hydrogens is 328 g/mol. The molecule has 3 aliphatic heterocycles. The van der Waals surface area contributed by atoms with Crippen molar-refractivity contribution >= 4 is 0 Å².